The van der Waals surface area contributed by atoms with Gasteiger partial charge in [-0.3, -0.25) is 0 Å². The predicted octanol–water partition coefficient (Wildman–Crippen LogP) is 3.55. The molecule has 0 bridgehead atoms. The van der Waals surface area contributed by atoms with Crippen molar-refractivity contribution in [3.63, 3.8) is 0 Å². The molecular weight excluding hydrogens is 310 g/mol. The summed E-state index contributed by atoms with van der Waals surface area (Å²) in [5.74, 6) is 1.55. The van der Waals surface area contributed by atoms with Crippen molar-refractivity contribution in [2.24, 2.45) is 0 Å². The van der Waals surface area contributed by atoms with E-state index >= 15 is 0 Å². The second-order valence-corrected chi connectivity index (χ2v) is 4.81. The van der Waals surface area contributed by atoms with E-state index in [1.807, 2.05) is 31.2 Å². The van der Waals surface area contributed by atoms with Gasteiger partial charge in [-0.05, 0) is 47.1 Å². The number of nitrogens with one attached hydrogen (secondary N) is 1. The number of benzene rings is 1. The number of rotatable bonds is 6. The molecule has 1 heterocycles. The third kappa shape index (κ3) is 3.52. The minimum absolute atomic E-state index is 0.0463. The van der Waals surface area contributed by atoms with Gasteiger partial charge in [0.25, 0.3) is 0 Å². The van der Waals surface area contributed by atoms with Gasteiger partial charge in [0.1, 0.15) is 11.5 Å². The lowest BCUT2D eigenvalue weighted by Crippen LogP contribution is -2.01. The zero-order valence-electron chi connectivity index (χ0n) is 10.6. The summed E-state index contributed by atoms with van der Waals surface area (Å²) in [4.78, 5) is 0. The number of aliphatic hydroxyl groups is 1. The van der Waals surface area contributed by atoms with Crippen LogP contribution in [0, 0.1) is 0 Å². The van der Waals surface area contributed by atoms with E-state index in [2.05, 4.69) is 21.2 Å². The predicted molar refractivity (Wildman–Crippen MR) is 77.3 cm³/mol. The van der Waals surface area contributed by atoms with Crippen LogP contribution < -0.4 is 10.1 Å². The fraction of sp³-hybridized carbons (Fsp3) is 0.286. The van der Waals surface area contributed by atoms with E-state index in [1.54, 1.807) is 6.26 Å². The topological polar surface area (TPSA) is 54.6 Å². The first-order valence-corrected chi connectivity index (χ1v) is 6.86. The van der Waals surface area contributed by atoms with Gasteiger partial charge in [0, 0.05) is 11.3 Å². The van der Waals surface area contributed by atoms with Crippen molar-refractivity contribution in [1.82, 2.24) is 0 Å². The summed E-state index contributed by atoms with van der Waals surface area (Å²) in [6, 6.07) is 7.51. The Balaban J connectivity index is 2.07. The number of halogens is 1. The van der Waals surface area contributed by atoms with Crippen molar-refractivity contribution in [3.8, 4) is 5.75 Å². The Bertz CT molecular complexity index is 539. The van der Waals surface area contributed by atoms with Crippen molar-refractivity contribution in [1.29, 1.82) is 0 Å². The van der Waals surface area contributed by atoms with Gasteiger partial charge in [-0.1, -0.05) is 0 Å². The molecule has 1 aromatic heterocycles. The Hall–Kier alpha value is -1.46. The molecule has 0 saturated carbocycles. The van der Waals surface area contributed by atoms with Crippen LogP contribution >= 0.6 is 15.9 Å². The minimum atomic E-state index is -0.0463. The number of anilines is 1. The van der Waals surface area contributed by atoms with Crippen LogP contribution in [0.1, 0.15) is 18.2 Å². The van der Waals surface area contributed by atoms with Gasteiger partial charge in [0.2, 0.25) is 0 Å². The van der Waals surface area contributed by atoms with E-state index in [4.69, 9.17) is 9.15 Å². The summed E-state index contributed by atoms with van der Waals surface area (Å²) < 4.78 is 11.7. The Morgan fingerprint density at radius 1 is 1.37 bits per heavy atom. The first-order chi connectivity index (χ1) is 9.24. The van der Waals surface area contributed by atoms with E-state index < -0.39 is 0 Å². The summed E-state index contributed by atoms with van der Waals surface area (Å²) in [6.45, 7) is 3.03. The molecule has 0 radical (unpaired) electrons. The standard InChI is InChI=1S/C14H16BrNO3/c1-2-18-13-4-3-11(7-10(13)9-17)16-8-14-12(15)5-6-19-14/h3-7,16-17H,2,8-9H2,1H3. The van der Waals surface area contributed by atoms with Crippen LogP contribution in [0.5, 0.6) is 5.75 Å². The zero-order chi connectivity index (χ0) is 13.7. The molecule has 102 valence electrons. The number of aliphatic hydroxyl groups excluding tert-OH is 1. The highest BCUT2D eigenvalue weighted by Gasteiger charge is 2.06. The summed E-state index contributed by atoms with van der Waals surface area (Å²) in [5, 5.41) is 12.6. The Morgan fingerprint density at radius 3 is 2.84 bits per heavy atom. The van der Waals surface area contributed by atoms with Crippen LogP contribution in [0.25, 0.3) is 0 Å². The average molecular weight is 326 g/mol. The zero-order valence-corrected chi connectivity index (χ0v) is 12.2. The summed E-state index contributed by atoms with van der Waals surface area (Å²) >= 11 is 3.41. The number of hydrogen-bond acceptors (Lipinski definition) is 4. The molecule has 0 atom stereocenters. The third-order valence-electron chi connectivity index (χ3n) is 2.67. The van der Waals surface area contributed by atoms with Gasteiger partial charge in [-0.15, -0.1) is 0 Å². The molecule has 0 aliphatic heterocycles. The van der Waals surface area contributed by atoms with Crippen LogP contribution in [-0.2, 0) is 13.2 Å². The van der Waals surface area contributed by atoms with Gasteiger partial charge in [0.15, 0.2) is 0 Å². The average Bonchev–Trinajstić information content (AvgIpc) is 2.83. The fourth-order valence-corrected chi connectivity index (χ4v) is 2.08. The van der Waals surface area contributed by atoms with E-state index in [1.165, 1.54) is 0 Å². The first kappa shape index (κ1) is 14.0. The Labute approximate surface area is 120 Å². The fourth-order valence-electron chi connectivity index (χ4n) is 1.74. The largest absolute Gasteiger partial charge is 0.494 e. The van der Waals surface area contributed by atoms with Gasteiger partial charge >= 0.3 is 0 Å². The van der Waals surface area contributed by atoms with Crippen molar-refractivity contribution >= 4 is 21.6 Å². The minimum Gasteiger partial charge on any atom is -0.494 e. The van der Waals surface area contributed by atoms with Gasteiger partial charge in [-0.25, -0.2) is 0 Å². The van der Waals surface area contributed by atoms with Crippen LogP contribution in [-0.4, -0.2) is 11.7 Å². The van der Waals surface area contributed by atoms with Crippen LogP contribution in [0.15, 0.2) is 39.4 Å². The number of furan rings is 1. The van der Waals surface area contributed by atoms with Gasteiger partial charge in [-0.2, -0.15) is 0 Å². The third-order valence-corrected chi connectivity index (χ3v) is 3.38. The van der Waals surface area contributed by atoms with Crippen molar-refractivity contribution in [2.45, 2.75) is 20.1 Å². The van der Waals surface area contributed by atoms with Crippen LogP contribution in [0.2, 0.25) is 0 Å². The maximum Gasteiger partial charge on any atom is 0.136 e. The first-order valence-electron chi connectivity index (χ1n) is 6.07. The molecule has 5 heteroatoms. The lowest BCUT2D eigenvalue weighted by Gasteiger charge is -2.11. The van der Waals surface area contributed by atoms with Crippen molar-refractivity contribution < 1.29 is 14.3 Å². The van der Waals surface area contributed by atoms with Crippen LogP contribution in [0.4, 0.5) is 5.69 Å². The molecule has 0 aliphatic carbocycles. The number of hydrogen-bond donors (Lipinski definition) is 2. The molecule has 0 unspecified atom stereocenters. The molecule has 0 amide bonds. The summed E-state index contributed by atoms with van der Waals surface area (Å²) in [5.41, 5.74) is 1.68. The summed E-state index contributed by atoms with van der Waals surface area (Å²) in [6.07, 6.45) is 1.64. The summed E-state index contributed by atoms with van der Waals surface area (Å²) in [7, 11) is 0. The molecule has 19 heavy (non-hydrogen) atoms. The lowest BCUT2D eigenvalue weighted by atomic mass is 10.2. The highest BCUT2D eigenvalue weighted by molar-refractivity contribution is 9.10. The molecule has 2 N–H and O–H groups in total. The normalized spacial score (nSPS) is 10.5. The SMILES string of the molecule is CCOc1ccc(NCc2occc2Br)cc1CO. The van der Waals surface area contributed by atoms with Crippen molar-refractivity contribution in [2.75, 3.05) is 11.9 Å². The second-order valence-electron chi connectivity index (χ2n) is 3.96. The monoisotopic (exact) mass is 325 g/mol. The maximum atomic E-state index is 9.33. The quantitative estimate of drug-likeness (QED) is 0.852. The highest BCUT2D eigenvalue weighted by atomic mass is 79.9. The maximum absolute atomic E-state index is 9.33. The molecular formula is C14H16BrNO3. The molecule has 2 aromatic rings. The van der Waals surface area contributed by atoms with Crippen molar-refractivity contribution in [3.05, 3.63) is 46.3 Å². The van der Waals surface area contributed by atoms with E-state index in [0.29, 0.717) is 13.2 Å². The molecule has 1 aromatic carbocycles. The number of ether oxygens (including phenoxy) is 1. The highest BCUT2D eigenvalue weighted by Crippen LogP contribution is 2.24. The second kappa shape index (κ2) is 6.63. The Morgan fingerprint density at radius 2 is 2.21 bits per heavy atom. The molecule has 0 spiro atoms. The smallest absolute Gasteiger partial charge is 0.136 e. The molecule has 4 nitrogen and oxygen atoms in total. The molecule has 0 aliphatic rings. The molecule has 2 rings (SSSR count). The van der Waals surface area contributed by atoms with E-state index in [9.17, 15) is 5.11 Å². The molecule has 0 saturated heterocycles. The van der Waals surface area contributed by atoms with E-state index in [-0.39, 0.29) is 6.61 Å². The lowest BCUT2D eigenvalue weighted by molar-refractivity contribution is 0.267. The van der Waals surface area contributed by atoms with Gasteiger partial charge < -0.3 is 19.6 Å². The Kier molecular flexibility index (Phi) is 4.87. The van der Waals surface area contributed by atoms with Crippen LogP contribution in [0.3, 0.4) is 0 Å². The molecule has 0 fully saturated rings. The van der Waals surface area contributed by atoms with E-state index in [0.717, 1.165) is 27.2 Å². The van der Waals surface area contributed by atoms with Gasteiger partial charge in [0.05, 0.1) is 30.5 Å².